The van der Waals surface area contributed by atoms with E-state index in [2.05, 4.69) is 10.1 Å². The Morgan fingerprint density at radius 2 is 2.50 bits per heavy atom. The predicted molar refractivity (Wildman–Crippen MR) is 46.2 cm³/mol. The third-order valence-corrected chi connectivity index (χ3v) is 2.47. The molecule has 0 aliphatic rings. The summed E-state index contributed by atoms with van der Waals surface area (Å²) < 4.78 is 1.54. The zero-order valence-electron chi connectivity index (χ0n) is 6.94. The second-order valence-corrected chi connectivity index (χ2v) is 3.52. The Balaban J connectivity index is 2.63. The molecule has 2 N–H and O–H groups in total. The number of rotatable bonds is 3. The van der Waals surface area contributed by atoms with Crippen LogP contribution in [0.5, 0.6) is 0 Å². The Bertz CT molecular complexity index is 304. The first kappa shape index (κ1) is 9.34. The summed E-state index contributed by atoms with van der Waals surface area (Å²) in [5.41, 5.74) is -0.356. The van der Waals surface area contributed by atoms with Gasteiger partial charge in [0.15, 0.2) is 5.16 Å². The number of aryl methyl sites for hydroxylation is 1. The van der Waals surface area contributed by atoms with E-state index >= 15 is 0 Å². The molecule has 12 heavy (non-hydrogen) atoms. The van der Waals surface area contributed by atoms with Gasteiger partial charge in [0.05, 0.1) is 6.10 Å². The van der Waals surface area contributed by atoms with Crippen LogP contribution in [0.25, 0.3) is 0 Å². The third kappa shape index (κ3) is 2.38. The standard InChI is InChI=1S/C6H11N3O2S/c1-4(10)3-12-6-7-5(11)8-9(6)2/h4,10H,3H2,1-2H3,(H,8,11). The minimum atomic E-state index is -0.387. The van der Waals surface area contributed by atoms with Crippen LogP contribution in [0, 0.1) is 0 Å². The Labute approximate surface area is 73.8 Å². The number of aliphatic hydroxyl groups is 1. The molecule has 6 heteroatoms. The Morgan fingerprint density at radius 3 is 2.92 bits per heavy atom. The molecule has 1 aromatic heterocycles. The summed E-state index contributed by atoms with van der Waals surface area (Å²) in [5, 5.41) is 12.0. The van der Waals surface area contributed by atoms with Crippen molar-refractivity contribution < 1.29 is 5.11 Å². The first-order chi connectivity index (χ1) is 5.59. The zero-order valence-corrected chi connectivity index (χ0v) is 7.76. The van der Waals surface area contributed by atoms with E-state index < -0.39 is 0 Å². The maximum absolute atomic E-state index is 10.7. The van der Waals surface area contributed by atoms with Crippen LogP contribution in [0.15, 0.2) is 9.95 Å². The molecule has 1 rings (SSSR count). The van der Waals surface area contributed by atoms with E-state index in [4.69, 9.17) is 5.11 Å². The minimum Gasteiger partial charge on any atom is -0.393 e. The molecule has 1 aromatic rings. The van der Waals surface area contributed by atoms with Crippen molar-refractivity contribution in [3.8, 4) is 0 Å². The third-order valence-electron chi connectivity index (χ3n) is 1.20. The quantitative estimate of drug-likeness (QED) is 0.634. The van der Waals surface area contributed by atoms with E-state index in [1.807, 2.05) is 0 Å². The maximum atomic E-state index is 10.7. The molecule has 0 radical (unpaired) electrons. The molecule has 0 saturated carbocycles. The number of aromatic nitrogens is 3. The summed E-state index contributed by atoms with van der Waals surface area (Å²) in [4.78, 5) is 14.4. The largest absolute Gasteiger partial charge is 0.393 e. The topological polar surface area (TPSA) is 70.9 Å². The van der Waals surface area contributed by atoms with Crippen molar-refractivity contribution in [3.63, 3.8) is 0 Å². The molecule has 1 atom stereocenters. The van der Waals surface area contributed by atoms with Gasteiger partial charge in [0.1, 0.15) is 0 Å². The van der Waals surface area contributed by atoms with Crippen LogP contribution in [-0.4, -0.2) is 31.7 Å². The van der Waals surface area contributed by atoms with Crippen molar-refractivity contribution in [2.45, 2.75) is 18.2 Å². The molecule has 1 unspecified atom stereocenters. The van der Waals surface area contributed by atoms with Crippen LogP contribution in [0.4, 0.5) is 0 Å². The maximum Gasteiger partial charge on any atom is 0.362 e. The highest BCUT2D eigenvalue weighted by atomic mass is 32.2. The van der Waals surface area contributed by atoms with Crippen LogP contribution in [-0.2, 0) is 7.05 Å². The van der Waals surface area contributed by atoms with Gasteiger partial charge in [-0.25, -0.2) is 9.89 Å². The molecule has 0 saturated heterocycles. The van der Waals surface area contributed by atoms with E-state index in [-0.39, 0.29) is 11.8 Å². The lowest BCUT2D eigenvalue weighted by Gasteiger charge is -2.01. The van der Waals surface area contributed by atoms with Crippen LogP contribution in [0.3, 0.4) is 0 Å². The van der Waals surface area contributed by atoms with E-state index in [9.17, 15) is 4.79 Å². The fourth-order valence-electron chi connectivity index (χ4n) is 0.702. The summed E-state index contributed by atoms with van der Waals surface area (Å²) in [6.07, 6.45) is -0.387. The zero-order chi connectivity index (χ0) is 9.14. The number of aliphatic hydroxyl groups excluding tert-OH is 1. The van der Waals surface area contributed by atoms with Crippen molar-refractivity contribution in [3.05, 3.63) is 10.5 Å². The van der Waals surface area contributed by atoms with Gasteiger partial charge in [0, 0.05) is 12.8 Å². The van der Waals surface area contributed by atoms with Crippen LogP contribution in [0.2, 0.25) is 0 Å². The van der Waals surface area contributed by atoms with E-state index in [0.29, 0.717) is 10.9 Å². The summed E-state index contributed by atoms with van der Waals surface area (Å²) in [7, 11) is 1.71. The average molecular weight is 189 g/mol. The molecule has 0 aliphatic heterocycles. The van der Waals surface area contributed by atoms with Crippen LogP contribution < -0.4 is 5.69 Å². The molecule has 68 valence electrons. The molecule has 0 bridgehead atoms. The van der Waals surface area contributed by atoms with Gasteiger partial charge < -0.3 is 5.11 Å². The highest BCUT2D eigenvalue weighted by Gasteiger charge is 2.04. The van der Waals surface area contributed by atoms with Gasteiger partial charge in [0.2, 0.25) is 0 Å². The van der Waals surface area contributed by atoms with Crippen LogP contribution in [0.1, 0.15) is 6.92 Å². The van der Waals surface area contributed by atoms with Gasteiger partial charge in [0.25, 0.3) is 0 Å². The molecule has 0 aliphatic carbocycles. The first-order valence-corrected chi connectivity index (χ1v) is 4.52. The number of aromatic amines is 1. The van der Waals surface area contributed by atoms with Crippen LogP contribution >= 0.6 is 11.8 Å². The van der Waals surface area contributed by atoms with Gasteiger partial charge in [-0.3, -0.25) is 4.68 Å². The van der Waals surface area contributed by atoms with Crippen molar-refractivity contribution in [1.29, 1.82) is 0 Å². The van der Waals surface area contributed by atoms with Crippen molar-refractivity contribution >= 4 is 11.8 Å². The Hall–Kier alpha value is -0.750. The number of nitrogens with zero attached hydrogens (tertiary/aromatic N) is 2. The number of hydrogen-bond donors (Lipinski definition) is 2. The lowest BCUT2D eigenvalue weighted by atomic mass is 10.5. The van der Waals surface area contributed by atoms with Gasteiger partial charge in [-0.2, -0.15) is 4.98 Å². The molecule has 5 nitrogen and oxygen atoms in total. The molecule has 1 heterocycles. The SMILES string of the molecule is CC(O)CSc1nc(=O)[nH]n1C. The fraction of sp³-hybridized carbons (Fsp3) is 0.667. The molecular weight excluding hydrogens is 178 g/mol. The summed E-state index contributed by atoms with van der Waals surface area (Å²) in [6, 6.07) is 0. The highest BCUT2D eigenvalue weighted by Crippen LogP contribution is 2.12. The van der Waals surface area contributed by atoms with E-state index in [0.717, 1.165) is 0 Å². The van der Waals surface area contributed by atoms with Gasteiger partial charge in [-0.1, -0.05) is 11.8 Å². The van der Waals surface area contributed by atoms with Crippen molar-refractivity contribution in [2.24, 2.45) is 7.05 Å². The number of thioether (sulfide) groups is 1. The Kier molecular flexibility index (Phi) is 2.93. The Morgan fingerprint density at radius 1 is 1.83 bits per heavy atom. The monoisotopic (exact) mass is 189 g/mol. The fourth-order valence-corrected chi connectivity index (χ4v) is 1.48. The molecule has 0 aromatic carbocycles. The molecule has 0 fully saturated rings. The first-order valence-electron chi connectivity index (χ1n) is 3.53. The van der Waals surface area contributed by atoms with Gasteiger partial charge in [-0.05, 0) is 6.92 Å². The normalized spacial score (nSPS) is 13.2. The van der Waals surface area contributed by atoms with E-state index in [1.54, 1.807) is 14.0 Å². The van der Waals surface area contributed by atoms with E-state index in [1.165, 1.54) is 16.4 Å². The molecule has 0 spiro atoms. The smallest absolute Gasteiger partial charge is 0.362 e. The van der Waals surface area contributed by atoms with Gasteiger partial charge >= 0.3 is 5.69 Å². The summed E-state index contributed by atoms with van der Waals surface area (Å²) in [5.74, 6) is 0.540. The lowest BCUT2D eigenvalue weighted by molar-refractivity contribution is 0.220. The van der Waals surface area contributed by atoms with Crippen molar-refractivity contribution in [2.75, 3.05) is 5.75 Å². The lowest BCUT2D eigenvalue weighted by Crippen LogP contribution is -2.04. The highest BCUT2D eigenvalue weighted by molar-refractivity contribution is 7.99. The summed E-state index contributed by atoms with van der Waals surface area (Å²) >= 11 is 1.35. The predicted octanol–water partition coefficient (Wildman–Crippen LogP) is -0.419. The average Bonchev–Trinajstić information content (AvgIpc) is 2.26. The second-order valence-electron chi connectivity index (χ2n) is 2.53. The summed E-state index contributed by atoms with van der Waals surface area (Å²) in [6.45, 7) is 1.69. The molecular formula is C6H11N3O2S. The minimum absolute atomic E-state index is 0.356. The molecule has 0 amide bonds. The number of hydrogen-bond acceptors (Lipinski definition) is 4. The number of H-pyrrole nitrogens is 1. The van der Waals surface area contributed by atoms with Crippen molar-refractivity contribution in [1.82, 2.24) is 14.8 Å². The number of nitrogens with one attached hydrogen (secondary N) is 1. The second kappa shape index (κ2) is 3.77. The van der Waals surface area contributed by atoms with Gasteiger partial charge in [-0.15, -0.1) is 0 Å².